The summed E-state index contributed by atoms with van der Waals surface area (Å²) in [5.74, 6) is 2.47. The molecule has 3 aromatic rings. The van der Waals surface area contributed by atoms with Gasteiger partial charge in [0.2, 0.25) is 5.91 Å². The van der Waals surface area contributed by atoms with Gasteiger partial charge < -0.3 is 29.7 Å². The van der Waals surface area contributed by atoms with Gasteiger partial charge in [-0.05, 0) is 76.0 Å². The number of alkyl halides is 1. The molecule has 13 heteroatoms. The second-order valence-electron chi connectivity index (χ2n) is 15.8. The third-order valence-electron chi connectivity index (χ3n) is 12.1. The number of phenolic OH excluding ortho intramolecular Hbond substituents is 1. The Morgan fingerprint density at radius 3 is 2.75 bits per heavy atom. The zero-order valence-electron chi connectivity index (χ0n) is 31.6. The molecule has 2 aromatic carbocycles. The van der Waals surface area contributed by atoms with E-state index in [2.05, 4.69) is 33.7 Å². The first-order valence-corrected chi connectivity index (χ1v) is 19.2. The van der Waals surface area contributed by atoms with Gasteiger partial charge in [0, 0.05) is 80.6 Å². The van der Waals surface area contributed by atoms with Crippen LogP contribution in [0.15, 0.2) is 36.9 Å². The quantitative estimate of drug-likeness (QED) is 0.212. The number of hydrogen-bond acceptors (Lipinski definition) is 10. The molecule has 1 unspecified atom stereocenters. The van der Waals surface area contributed by atoms with Gasteiger partial charge in [-0.2, -0.15) is 15.2 Å². The second-order valence-corrected chi connectivity index (χ2v) is 15.8. The van der Waals surface area contributed by atoms with Gasteiger partial charge in [0.25, 0.3) is 0 Å². The van der Waals surface area contributed by atoms with Crippen molar-refractivity contribution in [3.8, 4) is 30.2 Å². The lowest BCUT2D eigenvalue weighted by molar-refractivity contribution is -0.117. The third kappa shape index (κ3) is 7.40. The Labute approximate surface area is 321 Å². The van der Waals surface area contributed by atoms with E-state index in [1.807, 2.05) is 18.7 Å². The summed E-state index contributed by atoms with van der Waals surface area (Å²) in [4.78, 5) is 28.8. The van der Waals surface area contributed by atoms with E-state index in [-0.39, 0.29) is 61.4 Å². The SMILES string of the molecule is C#Cc1c(F)ccc2cc(O)cc(N3CCc4c(nc(OC[C@]5(C(C)(C)C#N)C[C@@H](F)CN5C5CCOCC5)nc4N4CCCCC(NC(=O)C=C)C4)C3)c12. The summed E-state index contributed by atoms with van der Waals surface area (Å²) in [6.45, 7) is 10.7. The first kappa shape index (κ1) is 38.3. The number of carbonyl (C=O) groups is 1. The normalized spacial score (nSPS) is 23.7. The Bertz CT molecular complexity index is 2040. The van der Waals surface area contributed by atoms with E-state index >= 15 is 8.78 Å². The average Bonchev–Trinajstić information content (AvgIpc) is 3.38. The number of rotatable bonds is 9. The van der Waals surface area contributed by atoms with Gasteiger partial charge in [-0.25, -0.2) is 8.78 Å². The number of hydrogen-bond donors (Lipinski definition) is 2. The zero-order chi connectivity index (χ0) is 38.9. The standard InChI is InChI=1S/C42H49F2N7O4/c1-5-32-34(44)11-10-27-19-31(52)20-36(38(27)32)49-16-12-33-35(24-49)47-40(48-39(33)50-15-8-7-9-29(23-50)46-37(53)6-2)55-26-42(41(3,4)25-45)21-28(43)22-51(42)30-13-17-54-18-14-30/h1,6,10-11,19-20,28-30,52H,2,7-9,12-18,21-24,26H2,3-4H3,(H,46,53)/t28-,29?,42+/m1/s1. The maximum atomic E-state index is 15.6. The molecule has 1 aromatic heterocycles. The number of anilines is 2. The van der Waals surface area contributed by atoms with E-state index < -0.39 is 22.9 Å². The van der Waals surface area contributed by atoms with Gasteiger partial charge >= 0.3 is 6.01 Å². The molecule has 0 bridgehead atoms. The van der Waals surface area contributed by atoms with Gasteiger partial charge in [-0.15, -0.1) is 6.42 Å². The smallest absolute Gasteiger partial charge is 0.318 e. The summed E-state index contributed by atoms with van der Waals surface area (Å²) in [5.41, 5.74) is 0.356. The lowest BCUT2D eigenvalue weighted by Gasteiger charge is -2.49. The summed E-state index contributed by atoms with van der Waals surface area (Å²) in [6, 6.07) is 8.55. The minimum absolute atomic E-state index is 0.00665. The molecule has 4 aliphatic rings. The monoisotopic (exact) mass is 753 g/mol. The predicted octanol–water partition coefficient (Wildman–Crippen LogP) is 5.57. The summed E-state index contributed by atoms with van der Waals surface area (Å²) in [6.07, 6.45) is 10.7. The third-order valence-corrected chi connectivity index (χ3v) is 12.1. The van der Waals surface area contributed by atoms with Crippen LogP contribution in [-0.2, 0) is 22.5 Å². The summed E-state index contributed by atoms with van der Waals surface area (Å²) < 4.78 is 42.9. The van der Waals surface area contributed by atoms with Crippen molar-refractivity contribution in [1.82, 2.24) is 20.2 Å². The Morgan fingerprint density at radius 1 is 1.20 bits per heavy atom. The number of aromatic hydroxyl groups is 1. The number of phenols is 1. The van der Waals surface area contributed by atoms with E-state index in [0.29, 0.717) is 67.2 Å². The molecule has 0 aliphatic carbocycles. The highest BCUT2D eigenvalue weighted by molar-refractivity contribution is 6.00. The van der Waals surface area contributed by atoms with E-state index in [4.69, 9.17) is 25.9 Å². The van der Waals surface area contributed by atoms with Gasteiger partial charge in [0.05, 0.1) is 34.8 Å². The first-order valence-electron chi connectivity index (χ1n) is 19.2. The van der Waals surface area contributed by atoms with Crippen LogP contribution < -0.4 is 19.9 Å². The van der Waals surface area contributed by atoms with Crippen molar-refractivity contribution in [2.45, 2.75) is 89.1 Å². The van der Waals surface area contributed by atoms with Crippen molar-refractivity contribution in [2.75, 3.05) is 55.8 Å². The van der Waals surface area contributed by atoms with Crippen LogP contribution in [0.1, 0.15) is 69.2 Å². The fraction of sp³-hybridized carbons (Fsp3) is 0.524. The predicted molar refractivity (Wildman–Crippen MR) is 206 cm³/mol. The summed E-state index contributed by atoms with van der Waals surface area (Å²) >= 11 is 0. The number of carbonyl (C=O) groups excluding carboxylic acids is 1. The molecular weight excluding hydrogens is 705 g/mol. The number of nitrogens with one attached hydrogen (secondary N) is 1. The summed E-state index contributed by atoms with van der Waals surface area (Å²) in [5, 5.41) is 25.5. The van der Waals surface area contributed by atoms with Crippen LogP contribution in [-0.4, -0.2) is 95.7 Å². The van der Waals surface area contributed by atoms with E-state index in [1.165, 1.54) is 12.1 Å². The molecule has 2 N–H and O–H groups in total. The van der Waals surface area contributed by atoms with Crippen molar-refractivity contribution < 1.29 is 28.2 Å². The van der Waals surface area contributed by atoms with Crippen LogP contribution in [0.25, 0.3) is 10.8 Å². The number of nitrogens with zero attached hydrogens (tertiary/aromatic N) is 6. The van der Waals surface area contributed by atoms with Gasteiger partial charge in [0.15, 0.2) is 0 Å². The van der Waals surface area contributed by atoms with E-state index in [0.717, 1.165) is 37.7 Å². The second kappa shape index (κ2) is 15.6. The van der Waals surface area contributed by atoms with Crippen LogP contribution in [0, 0.1) is 34.9 Å². The number of aromatic nitrogens is 2. The molecule has 3 atom stereocenters. The molecule has 11 nitrogen and oxygen atoms in total. The highest BCUT2D eigenvalue weighted by Gasteiger charge is 2.58. The van der Waals surface area contributed by atoms with Crippen molar-refractivity contribution in [3.05, 3.63) is 59.6 Å². The van der Waals surface area contributed by atoms with Crippen LogP contribution >= 0.6 is 0 Å². The van der Waals surface area contributed by atoms with Crippen molar-refractivity contribution >= 4 is 28.2 Å². The molecule has 0 saturated carbocycles. The van der Waals surface area contributed by atoms with Crippen molar-refractivity contribution in [1.29, 1.82) is 5.26 Å². The Morgan fingerprint density at radius 2 is 2.00 bits per heavy atom. The van der Waals surface area contributed by atoms with Crippen LogP contribution in [0.3, 0.4) is 0 Å². The Balaban J connectivity index is 1.29. The van der Waals surface area contributed by atoms with E-state index in [9.17, 15) is 15.2 Å². The fourth-order valence-electron chi connectivity index (χ4n) is 9.08. The number of benzene rings is 2. The molecule has 7 rings (SSSR count). The number of likely N-dealkylation sites (tertiary alicyclic amines) is 1. The molecule has 3 saturated heterocycles. The number of fused-ring (bicyclic) bond motifs is 2. The Hall–Kier alpha value is -4.98. The lowest BCUT2D eigenvalue weighted by Crippen LogP contribution is -2.61. The zero-order valence-corrected chi connectivity index (χ0v) is 31.6. The van der Waals surface area contributed by atoms with Gasteiger partial charge in [-0.1, -0.05) is 18.6 Å². The number of ether oxygens (including phenoxy) is 2. The maximum absolute atomic E-state index is 15.6. The number of halogens is 2. The minimum atomic E-state index is -1.14. The highest BCUT2D eigenvalue weighted by atomic mass is 19.1. The summed E-state index contributed by atoms with van der Waals surface area (Å²) in [7, 11) is 0. The van der Waals surface area contributed by atoms with E-state index in [1.54, 1.807) is 18.2 Å². The molecule has 290 valence electrons. The van der Waals surface area contributed by atoms with Crippen molar-refractivity contribution in [2.24, 2.45) is 5.41 Å². The molecule has 1 amide bonds. The van der Waals surface area contributed by atoms with Crippen LogP contribution in [0.5, 0.6) is 11.8 Å². The Kier molecular flexibility index (Phi) is 10.9. The van der Waals surface area contributed by atoms with Gasteiger partial charge in [-0.3, -0.25) is 9.69 Å². The lowest BCUT2D eigenvalue weighted by atomic mass is 9.71. The van der Waals surface area contributed by atoms with Crippen LogP contribution in [0.4, 0.5) is 20.3 Å². The molecule has 5 heterocycles. The molecule has 0 spiro atoms. The molecule has 0 radical (unpaired) electrons. The maximum Gasteiger partial charge on any atom is 0.318 e. The molecule has 55 heavy (non-hydrogen) atoms. The topological polar surface area (TPSA) is 127 Å². The van der Waals surface area contributed by atoms with Crippen molar-refractivity contribution in [3.63, 3.8) is 0 Å². The fourth-order valence-corrected chi connectivity index (χ4v) is 9.08. The molecule has 3 fully saturated rings. The highest BCUT2D eigenvalue weighted by Crippen LogP contribution is 2.47. The number of nitriles is 1. The number of terminal acetylenes is 1. The minimum Gasteiger partial charge on any atom is -0.508 e. The average molecular weight is 754 g/mol. The van der Waals surface area contributed by atoms with Crippen LogP contribution in [0.2, 0.25) is 0 Å². The first-order chi connectivity index (χ1) is 26.5. The number of amides is 1. The largest absolute Gasteiger partial charge is 0.508 e. The molecular formula is C42H49F2N7O4. The molecule has 4 aliphatic heterocycles. The van der Waals surface area contributed by atoms with Gasteiger partial charge in [0.1, 0.15) is 30.2 Å².